The standard InChI is InChI=1S/C21H34N4O/c1-18-5-7-19(8-6-18)24-13-15-25(16-14-24)20(26)21(2,3)17-23-11-9-22(4)10-12-23/h5-8H,9-17H2,1-4H3. The molecule has 0 radical (unpaired) electrons. The number of rotatable bonds is 4. The van der Waals surface area contributed by atoms with Gasteiger partial charge in [0.05, 0.1) is 5.41 Å². The summed E-state index contributed by atoms with van der Waals surface area (Å²) in [4.78, 5) is 22.4. The smallest absolute Gasteiger partial charge is 0.229 e. The molecule has 26 heavy (non-hydrogen) atoms. The van der Waals surface area contributed by atoms with E-state index >= 15 is 0 Å². The van der Waals surface area contributed by atoms with Gasteiger partial charge in [-0.25, -0.2) is 0 Å². The molecule has 0 N–H and O–H groups in total. The van der Waals surface area contributed by atoms with Gasteiger partial charge >= 0.3 is 0 Å². The maximum atomic E-state index is 13.1. The maximum Gasteiger partial charge on any atom is 0.229 e. The van der Waals surface area contributed by atoms with Crippen molar-refractivity contribution in [1.82, 2.24) is 14.7 Å². The average molecular weight is 359 g/mol. The fourth-order valence-corrected chi connectivity index (χ4v) is 3.98. The van der Waals surface area contributed by atoms with Crippen LogP contribution in [0.15, 0.2) is 24.3 Å². The van der Waals surface area contributed by atoms with Crippen LogP contribution < -0.4 is 4.90 Å². The summed E-state index contributed by atoms with van der Waals surface area (Å²) in [6.45, 7) is 15.0. The number of hydrogen-bond donors (Lipinski definition) is 0. The van der Waals surface area contributed by atoms with E-state index in [2.05, 4.69) is 71.7 Å². The first-order valence-electron chi connectivity index (χ1n) is 9.87. The molecule has 1 aromatic carbocycles. The molecule has 144 valence electrons. The predicted molar refractivity (Wildman–Crippen MR) is 108 cm³/mol. The zero-order chi connectivity index (χ0) is 18.7. The van der Waals surface area contributed by atoms with Crippen LogP contribution >= 0.6 is 0 Å². The van der Waals surface area contributed by atoms with E-state index in [1.165, 1.54) is 11.3 Å². The lowest BCUT2D eigenvalue weighted by Gasteiger charge is -2.42. The van der Waals surface area contributed by atoms with E-state index in [0.717, 1.165) is 58.9 Å². The molecule has 0 atom stereocenters. The molecule has 2 fully saturated rings. The second kappa shape index (κ2) is 7.97. The van der Waals surface area contributed by atoms with Crippen molar-refractivity contribution in [2.24, 2.45) is 5.41 Å². The lowest BCUT2D eigenvalue weighted by atomic mass is 9.90. The highest BCUT2D eigenvalue weighted by Gasteiger charge is 2.35. The van der Waals surface area contributed by atoms with Crippen molar-refractivity contribution in [2.45, 2.75) is 20.8 Å². The molecule has 0 saturated carbocycles. The fourth-order valence-electron chi connectivity index (χ4n) is 3.98. The van der Waals surface area contributed by atoms with Crippen LogP contribution in [0.2, 0.25) is 0 Å². The Balaban J connectivity index is 1.52. The van der Waals surface area contributed by atoms with Crippen molar-refractivity contribution in [3.8, 4) is 0 Å². The van der Waals surface area contributed by atoms with Crippen LogP contribution in [0.25, 0.3) is 0 Å². The van der Waals surface area contributed by atoms with Crippen LogP contribution in [0, 0.1) is 12.3 Å². The van der Waals surface area contributed by atoms with Crippen LogP contribution in [0.1, 0.15) is 19.4 Å². The number of nitrogens with zero attached hydrogens (tertiary/aromatic N) is 4. The van der Waals surface area contributed by atoms with Gasteiger partial charge in [0.2, 0.25) is 5.91 Å². The summed E-state index contributed by atoms with van der Waals surface area (Å²) < 4.78 is 0. The largest absolute Gasteiger partial charge is 0.368 e. The summed E-state index contributed by atoms with van der Waals surface area (Å²) in [5.74, 6) is 0.306. The van der Waals surface area contributed by atoms with Gasteiger partial charge in [0, 0.05) is 64.6 Å². The first kappa shape index (κ1) is 19.2. The zero-order valence-electron chi connectivity index (χ0n) is 16.9. The van der Waals surface area contributed by atoms with E-state index in [9.17, 15) is 4.79 Å². The first-order valence-corrected chi connectivity index (χ1v) is 9.87. The highest BCUT2D eigenvalue weighted by Crippen LogP contribution is 2.24. The van der Waals surface area contributed by atoms with E-state index in [1.807, 2.05) is 0 Å². The Morgan fingerprint density at radius 3 is 2.08 bits per heavy atom. The van der Waals surface area contributed by atoms with Gasteiger partial charge in [-0.3, -0.25) is 9.69 Å². The third-order valence-corrected chi connectivity index (χ3v) is 5.76. The molecule has 2 heterocycles. The van der Waals surface area contributed by atoms with Crippen LogP contribution in [-0.2, 0) is 4.79 Å². The normalized spacial score (nSPS) is 20.5. The Morgan fingerprint density at radius 2 is 1.50 bits per heavy atom. The molecule has 0 bridgehead atoms. The Morgan fingerprint density at radius 1 is 0.923 bits per heavy atom. The van der Waals surface area contributed by atoms with Crippen LogP contribution in [0.4, 0.5) is 5.69 Å². The number of piperazine rings is 2. The van der Waals surface area contributed by atoms with Gasteiger partial charge < -0.3 is 14.7 Å². The third-order valence-electron chi connectivity index (χ3n) is 5.76. The summed E-state index contributed by atoms with van der Waals surface area (Å²) in [5.41, 5.74) is 2.23. The Hall–Kier alpha value is -1.59. The number of anilines is 1. The Labute approximate surface area is 158 Å². The molecule has 0 unspecified atom stereocenters. The van der Waals surface area contributed by atoms with Crippen LogP contribution in [-0.4, -0.2) is 86.6 Å². The minimum atomic E-state index is -0.318. The van der Waals surface area contributed by atoms with Crippen LogP contribution in [0.3, 0.4) is 0 Å². The molecule has 3 rings (SSSR count). The van der Waals surface area contributed by atoms with Crippen molar-refractivity contribution in [1.29, 1.82) is 0 Å². The second-order valence-electron chi connectivity index (χ2n) is 8.58. The molecule has 5 heteroatoms. The summed E-state index contributed by atoms with van der Waals surface area (Å²) in [6.07, 6.45) is 0. The summed E-state index contributed by atoms with van der Waals surface area (Å²) in [7, 11) is 2.17. The van der Waals surface area contributed by atoms with Gasteiger partial charge in [-0.1, -0.05) is 17.7 Å². The van der Waals surface area contributed by atoms with Gasteiger partial charge in [0.15, 0.2) is 0 Å². The Kier molecular flexibility index (Phi) is 5.88. The molecular formula is C21H34N4O. The van der Waals surface area contributed by atoms with E-state index in [-0.39, 0.29) is 5.41 Å². The van der Waals surface area contributed by atoms with Gasteiger partial charge in [-0.05, 0) is 40.0 Å². The lowest BCUT2D eigenvalue weighted by Crippen LogP contribution is -2.55. The number of amides is 1. The minimum Gasteiger partial charge on any atom is -0.368 e. The first-order chi connectivity index (χ1) is 12.3. The van der Waals surface area contributed by atoms with Gasteiger partial charge in [-0.2, -0.15) is 0 Å². The molecule has 0 aliphatic carbocycles. The molecule has 1 aromatic rings. The molecule has 1 amide bonds. The van der Waals surface area contributed by atoms with Crippen molar-refractivity contribution < 1.29 is 4.79 Å². The van der Waals surface area contributed by atoms with E-state index in [0.29, 0.717) is 5.91 Å². The van der Waals surface area contributed by atoms with Crippen molar-refractivity contribution >= 4 is 11.6 Å². The van der Waals surface area contributed by atoms with Gasteiger partial charge in [0.1, 0.15) is 0 Å². The predicted octanol–water partition coefficient (Wildman–Crippen LogP) is 1.92. The van der Waals surface area contributed by atoms with Crippen molar-refractivity contribution in [3.05, 3.63) is 29.8 Å². The van der Waals surface area contributed by atoms with E-state index in [1.54, 1.807) is 0 Å². The molecule has 0 spiro atoms. The highest BCUT2D eigenvalue weighted by atomic mass is 16.2. The number of hydrogen-bond acceptors (Lipinski definition) is 4. The zero-order valence-corrected chi connectivity index (χ0v) is 16.9. The molecule has 2 aliphatic rings. The average Bonchev–Trinajstić information content (AvgIpc) is 2.64. The SMILES string of the molecule is Cc1ccc(N2CCN(C(=O)C(C)(C)CN3CCN(C)CC3)CC2)cc1. The molecule has 2 aliphatic heterocycles. The summed E-state index contributed by atoms with van der Waals surface area (Å²) >= 11 is 0. The lowest BCUT2D eigenvalue weighted by molar-refractivity contribution is -0.142. The van der Waals surface area contributed by atoms with Crippen molar-refractivity contribution in [3.63, 3.8) is 0 Å². The summed E-state index contributed by atoms with van der Waals surface area (Å²) in [6, 6.07) is 8.69. The minimum absolute atomic E-state index is 0.306. The van der Waals surface area contributed by atoms with E-state index < -0.39 is 0 Å². The molecular weight excluding hydrogens is 324 g/mol. The monoisotopic (exact) mass is 358 g/mol. The topological polar surface area (TPSA) is 30.0 Å². The van der Waals surface area contributed by atoms with E-state index in [4.69, 9.17) is 0 Å². The van der Waals surface area contributed by atoms with Crippen LogP contribution in [0.5, 0.6) is 0 Å². The van der Waals surface area contributed by atoms with Crippen molar-refractivity contribution in [2.75, 3.05) is 70.9 Å². The highest BCUT2D eigenvalue weighted by molar-refractivity contribution is 5.82. The Bertz CT molecular complexity index is 597. The number of carbonyl (C=O) groups is 1. The number of likely N-dealkylation sites (N-methyl/N-ethyl adjacent to an activating group) is 1. The maximum absolute atomic E-state index is 13.1. The number of carbonyl (C=O) groups excluding carboxylic acids is 1. The third kappa shape index (κ3) is 4.57. The second-order valence-corrected chi connectivity index (χ2v) is 8.58. The number of aryl methyl sites for hydroxylation is 1. The molecule has 0 aromatic heterocycles. The quantitative estimate of drug-likeness (QED) is 0.823. The van der Waals surface area contributed by atoms with Gasteiger partial charge in [0.25, 0.3) is 0 Å². The van der Waals surface area contributed by atoms with Gasteiger partial charge in [-0.15, -0.1) is 0 Å². The molecule has 5 nitrogen and oxygen atoms in total. The summed E-state index contributed by atoms with van der Waals surface area (Å²) in [5, 5.41) is 0. The number of benzene rings is 1. The molecule has 2 saturated heterocycles. The fraction of sp³-hybridized carbons (Fsp3) is 0.667.